The fraction of sp³-hybridized carbons (Fsp3) is 0.333. The fourth-order valence-corrected chi connectivity index (χ4v) is 1.32. The molecule has 0 aliphatic rings. The second kappa shape index (κ2) is 6.61. The molecule has 5 heteroatoms. The van der Waals surface area contributed by atoms with Gasteiger partial charge in [-0.15, -0.1) is 0 Å². The largest absolute Gasteiger partial charge is 0.342 e. The Morgan fingerprint density at radius 1 is 1.47 bits per heavy atom. The van der Waals surface area contributed by atoms with E-state index < -0.39 is 0 Å². The van der Waals surface area contributed by atoms with Crippen molar-refractivity contribution in [3.05, 3.63) is 35.6 Å². The molecule has 0 radical (unpaired) electrons. The van der Waals surface area contributed by atoms with Crippen molar-refractivity contribution in [2.24, 2.45) is 0 Å². The van der Waals surface area contributed by atoms with Gasteiger partial charge < -0.3 is 10.6 Å². The molecule has 0 fully saturated rings. The van der Waals surface area contributed by atoms with Crippen molar-refractivity contribution in [1.82, 2.24) is 10.6 Å². The zero-order valence-corrected chi connectivity index (χ0v) is 9.53. The minimum absolute atomic E-state index is 0.00540. The summed E-state index contributed by atoms with van der Waals surface area (Å²) in [6.45, 7) is 2.01. The predicted octanol–water partition coefficient (Wildman–Crippen LogP) is 1.12. The first kappa shape index (κ1) is 13.1. The molecule has 0 aromatic heterocycles. The van der Waals surface area contributed by atoms with E-state index in [9.17, 15) is 9.18 Å². The number of carbonyl (C=O) groups excluding carboxylic acids is 1. The first-order chi connectivity index (χ1) is 8.13. The van der Waals surface area contributed by atoms with Gasteiger partial charge in [0.05, 0.1) is 12.6 Å². The molecule has 0 saturated heterocycles. The van der Waals surface area contributed by atoms with Crippen LogP contribution in [0.3, 0.4) is 0 Å². The van der Waals surface area contributed by atoms with Crippen LogP contribution in [0.2, 0.25) is 0 Å². The van der Waals surface area contributed by atoms with Crippen LogP contribution in [0.5, 0.6) is 0 Å². The second-order valence-corrected chi connectivity index (χ2v) is 3.59. The number of benzene rings is 1. The summed E-state index contributed by atoms with van der Waals surface area (Å²) in [5.74, 6) is -0.520. The maximum absolute atomic E-state index is 12.7. The highest BCUT2D eigenvalue weighted by atomic mass is 19.1. The Morgan fingerprint density at radius 2 is 2.12 bits per heavy atom. The Morgan fingerprint density at radius 3 is 2.71 bits per heavy atom. The molecule has 1 rings (SSSR count). The topological polar surface area (TPSA) is 64.9 Å². The predicted molar refractivity (Wildman–Crippen MR) is 61.4 cm³/mol. The average molecular weight is 235 g/mol. The molecule has 1 amide bonds. The number of rotatable bonds is 5. The molecule has 1 atom stereocenters. The van der Waals surface area contributed by atoms with Crippen LogP contribution in [0, 0.1) is 17.1 Å². The first-order valence-corrected chi connectivity index (χ1v) is 5.26. The number of carbonyl (C=O) groups is 1. The van der Waals surface area contributed by atoms with Crippen LogP contribution in [-0.4, -0.2) is 19.0 Å². The third-order valence-electron chi connectivity index (χ3n) is 2.30. The highest BCUT2D eigenvalue weighted by molar-refractivity contribution is 5.78. The lowest BCUT2D eigenvalue weighted by atomic mass is 10.1. The Kier molecular flexibility index (Phi) is 5.11. The minimum Gasteiger partial charge on any atom is -0.342 e. The molecule has 0 heterocycles. The zero-order valence-electron chi connectivity index (χ0n) is 9.53. The summed E-state index contributed by atoms with van der Waals surface area (Å²) in [6.07, 6.45) is 0. The van der Waals surface area contributed by atoms with Crippen LogP contribution in [-0.2, 0) is 4.79 Å². The second-order valence-electron chi connectivity index (χ2n) is 3.59. The lowest BCUT2D eigenvalue weighted by Crippen LogP contribution is -2.35. The van der Waals surface area contributed by atoms with E-state index in [1.54, 1.807) is 12.1 Å². The highest BCUT2D eigenvalue weighted by Crippen LogP contribution is 2.12. The maximum Gasteiger partial charge on any atom is 0.234 e. The van der Waals surface area contributed by atoms with Crippen LogP contribution in [0.1, 0.15) is 18.5 Å². The number of nitriles is 1. The molecule has 17 heavy (non-hydrogen) atoms. The number of hydrogen-bond donors (Lipinski definition) is 2. The van der Waals surface area contributed by atoms with E-state index in [4.69, 9.17) is 5.26 Å². The molecule has 0 bridgehead atoms. The monoisotopic (exact) mass is 235 g/mol. The van der Waals surface area contributed by atoms with E-state index >= 15 is 0 Å². The van der Waals surface area contributed by atoms with Crippen LogP contribution in [0.4, 0.5) is 4.39 Å². The van der Waals surface area contributed by atoms with Crippen molar-refractivity contribution in [3.8, 4) is 6.07 Å². The molecule has 1 aromatic carbocycles. The summed E-state index contributed by atoms with van der Waals surface area (Å²) in [6, 6.07) is 7.86. The summed E-state index contributed by atoms with van der Waals surface area (Å²) in [5.41, 5.74) is 0.902. The van der Waals surface area contributed by atoms with Crippen LogP contribution in [0.15, 0.2) is 24.3 Å². The number of halogens is 1. The van der Waals surface area contributed by atoms with Gasteiger partial charge in [-0.2, -0.15) is 5.26 Å². The fourth-order valence-electron chi connectivity index (χ4n) is 1.32. The lowest BCUT2D eigenvalue weighted by Gasteiger charge is -2.13. The summed E-state index contributed by atoms with van der Waals surface area (Å²) < 4.78 is 12.7. The number of amides is 1. The standard InChI is InChI=1S/C12H14FN3O/c1-9(10-2-4-11(13)5-3-10)16-8-12(17)15-7-6-14/h2-5,9,16H,7-8H2,1H3,(H,15,17). The van der Waals surface area contributed by atoms with Gasteiger partial charge in [0.25, 0.3) is 0 Å². The summed E-state index contributed by atoms with van der Waals surface area (Å²) in [4.78, 5) is 11.2. The number of nitrogens with zero attached hydrogens (tertiary/aromatic N) is 1. The van der Waals surface area contributed by atoms with Crippen molar-refractivity contribution in [1.29, 1.82) is 5.26 Å². The summed E-state index contributed by atoms with van der Waals surface area (Å²) in [5, 5.41) is 13.7. The minimum atomic E-state index is -0.285. The van der Waals surface area contributed by atoms with Crippen molar-refractivity contribution in [2.75, 3.05) is 13.1 Å². The maximum atomic E-state index is 12.7. The zero-order chi connectivity index (χ0) is 12.7. The Balaban J connectivity index is 2.39. The van der Waals surface area contributed by atoms with Gasteiger partial charge in [-0.3, -0.25) is 4.79 Å². The van der Waals surface area contributed by atoms with Gasteiger partial charge >= 0.3 is 0 Å². The summed E-state index contributed by atoms with van der Waals surface area (Å²) in [7, 11) is 0. The Bertz CT molecular complexity index is 411. The Labute approximate surface area is 99.4 Å². The first-order valence-electron chi connectivity index (χ1n) is 5.26. The van der Waals surface area contributed by atoms with Crippen molar-refractivity contribution in [2.45, 2.75) is 13.0 Å². The molecule has 4 nitrogen and oxygen atoms in total. The van der Waals surface area contributed by atoms with Gasteiger partial charge in [0, 0.05) is 6.04 Å². The van der Waals surface area contributed by atoms with E-state index in [0.29, 0.717) is 0 Å². The average Bonchev–Trinajstić information content (AvgIpc) is 2.34. The van der Waals surface area contributed by atoms with Gasteiger partial charge in [0.1, 0.15) is 12.4 Å². The third-order valence-corrected chi connectivity index (χ3v) is 2.30. The van der Waals surface area contributed by atoms with Crippen molar-refractivity contribution >= 4 is 5.91 Å². The highest BCUT2D eigenvalue weighted by Gasteiger charge is 2.07. The van der Waals surface area contributed by atoms with E-state index in [1.807, 2.05) is 13.0 Å². The van der Waals surface area contributed by atoms with Crippen LogP contribution < -0.4 is 10.6 Å². The molecule has 1 aromatic rings. The van der Waals surface area contributed by atoms with Gasteiger partial charge in [-0.05, 0) is 24.6 Å². The molecule has 90 valence electrons. The van der Waals surface area contributed by atoms with Crippen LogP contribution in [0.25, 0.3) is 0 Å². The number of hydrogen-bond acceptors (Lipinski definition) is 3. The molecule has 0 spiro atoms. The molecular weight excluding hydrogens is 221 g/mol. The third kappa shape index (κ3) is 4.62. The van der Waals surface area contributed by atoms with E-state index in [0.717, 1.165) is 5.56 Å². The van der Waals surface area contributed by atoms with Gasteiger partial charge in [0.2, 0.25) is 5.91 Å². The van der Waals surface area contributed by atoms with Gasteiger partial charge in [-0.25, -0.2) is 4.39 Å². The van der Waals surface area contributed by atoms with E-state index in [-0.39, 0.29) is 30.9 Å². The van der Waals surface area contributed by atoms with Crippen molar-refractivity contribution < 1.29 is 9.18 Å². The smallest absolute Gasteiger partial charge is 0.234 e. The molecule has 0 saturated carbocycles. The summed E-state index contributed by atoms with van der Waals surface area (Å²) >= 11 is 0. The molecular formula is C12H14FN3O. The van der Waals surface area contributed by atoms with E-state index in [2.05, 4.69) is 10.6 Å². The normalized spacial score (nSPS) is 11.6. The SMILES string of the molecule is CC(NCC(=O)NCC#N)c1ccc(F)cc1. The number of nitrogens with one attached hydrogen (secondary N) is 2. The van der Waals surface area contributed by atoms with Gasteiger partial charge in [-0.1, -0.05) is 12.1 Å². The lowest BCUT2D eigenvalue weighted by molar-refractivity contribution is -0.120. The molecule has 2 N–H and O–H groups in total. The van der Waals surface area contributed by atoms with Gasteiger partial charge in [0.15, 0.2) is 0 Å². The quantitative estimate of drug-likeness (QED) is 0.751. The van der Waals surface area contributed by atoms with Crippen LogP contribution >= 0.6 is 0 Å². The molecule has 1 unspecified atom stereocenters. The Hall–Kier alpha value is -1.93. The van der Waals surface area contributed by atoms with Crippen molar-refractivity contribution in [3.63, 3.8) is 0 Å². The molecule has 0 aliphatic carbocycles. The van der Waals surface area contributed by atoms with E-state index in [1.165, 1.54) is 12.1 Å². The molecule has 0 aliphatic heterocycles.